The van der Waals surface area contributed by atoms with E-state index in [4.69, 9.17) is 16.3 Å². The molecule has 29 heavy (non-hydrogen) atoms. The smallest absolute Gasteiger partial charge is 0.228 e. The van der Waals surface area contributed by atoms with Gasteiger partial charge in [-0.05, 0) is 37.1 Å². The molecule has 0 unspecified atom stereocenters. The van der Waals surface area contributed by atoms with Crippen LogP contribution in [0.1, 0.15) is 30.7 Å². The molecule has 1 N–H and O–H groups in total. The quantitative estimate of drug-likeness (QED) is 0.671. The van der Waals surface area contributed by atoms with Crippen LogP contribution in [0.15, 0.2) is 42.5 Å². The molecule has 0 aliphatic carbocycles. The maximum Gasteiger partial charge on any atom is 0.228 e. The number of carbonyl (C=O) groups excluding carboxylic acids is 1. The third-order valence-electron chi connectivity index (χ3n) is 5.14. The van der Waals surface area contributed by atoms with Crippen molar-refractivity contribution in [3.05, 3.63) is 58.9 Å². The van der Waals surface area contributed by atoms with Gasteiger partial charge in [-0.15, -0.1) is 10.2 Å². The first-order valence-electron chi connectivity index (χ1n) is 9.79. The van der Waals surface area contributed by atoms with Gasteiger partial charge in [-0.25, -0.2) is 0 Å². The highest BCUT2D eigenvalue weighted by Crippen LogP contribution is 2.31. The van der Waals surface area contributed by atoms with Crippen LogP contribution in [0.25, 0.3) is 11.4 Å². The second-order valence-corrected chi connectivity index (χ2v) is 7.54. The SMILES string of the molecule is COc1ccccc1CC(=O)Nc1ccc(Cl)c(-c2nnc3n2CCCCC3)c1. The summed E-state index contributed by atoms with van der Waals surface area (Å²) in [7, 11) is 1.60. The van der Waals surface area contributed by atoms with E-state index < -0.39 is 0 Å². The van der Waals surface area contributed by atoms with Gasteiger partial charge in [0.25, 0.3) is 0 Å². The van der Waals surface area contributed by atoms with E-state index >= 15 is 0 Å². The Balaban J connectivity index is 1.56. The van der Waals surface area contributed by atoms with Crippen LogP contribution in [0.5, 0.6) is 5.75 Å². The highest BCUT2D eigenvalue weighted by atomic mass is 35.5. The molecule has 1 aliphatic rings. The zero-order valence-electron chi connectivity index (χ0n) is 16.3. The van der Waals surface area contributed by atoms with Crippen LogP contribution in [-0.4, -0.2) is 27.8 Å². The first-order valence-corrected chi connectivity index (χ1v) is 10.2. The van der Waals surface area contributed by atoms with Gasteiger partial charge in [0.05, 0.1) is 18.6 Å². The number of hydrogen-bond donors (Lipinski definition) is 1. The molecule has 2 heterocycles. The zero-order valence-corrected chi connectivity index (χ0v) is 17.1. The van der Waals surface area contributed by atoms with Crippen molar-refractivity contribution in [2.45, 2.75) is 38.6 Å². The third kappa shape index (κ3) is 4.27. The van der Waals surface area contributed by atoms with Crippen molar-refractivity contribution >= 4 is 23.2 Å². The average molecular weight is 411 g/mol. The Bertz CT molecular complexity index is 1030. The van der Waals surface area contributed by atoms with Crippen molar-refractivity contribution < 1.29 is 9.53 Å². The fourth-order valence-corrected chi connectivity index (χ4v) is 3.89. The van der Waals surface area contributed by atoms with E-state index in [2.05, 4.69) is 20.1 Å². The molecule has 0 spiro atoms. The molecule has 4 rings (SSSR count). The van der Waals surface area contributed by atoms with Gasteiger partial charge < -0.3 is 14.6 Å². The Labute approximate surface area is 174 Å². The topological polar surface area (TPSA) is 69.0 Å². The normalized spacial score (nSPS) is 13.4. The molecule has 0 fully saturated rings. The lowest BCUT2D eigenvalue weighted by atomic mass is 10.1. The molecule has 0 bridgehead atoms. The number of nitrogens with one attached hydrogen (secondary N) is 1. The summed E-state index contributed by atoms with van der Waals surface area (Å²) < 4.78 is 7.48. The maximum atomic E-state index is 12.6. The fourth-order valence-electron chi connectivity index (χ4n) is 3.69. The van der Waals surface area contributed by atoms with Crippen LogP contribution in [0, 0.1) is 0 Å². The van der Waals surface area contributed by atoms with Gasteiger partial charge in [0, 0.05) is 29.8 Å². The molecule has 1 aromatic heterocycles. The van der Waals surface area contributed by atoms with E-state index in [0.717, 1.165) is 48.6 Å². The van der Waals surface area contributed by atoms with Crippen molar-refractivity contribution in [1.29, 1.82) is 0 Å². The maximum absolute atomic E-state index is 12.6. The molecule has 1 amide bonds. The number of hydrogen-bond acceptors (Lipinski definition) is 4. The van der Waals surface area contributed by atoms with Gasteiger partial charge in [-0.3, -0.25) is 4.79 Å². The van der Waals surface area contributed by atoms with Gasteiger partial charge in [0.2, 0.25) is 5.91 Å². The lowest BCUT2D eigenvalue weighted by Gasteiger charge is -2.12. The monoisotopic (exact) mass is 410 g/mol. The number of nitrogens with zero attached hydrogens (tertiary/aromatic N) is 3. The van der Waals surface area contributed by atoms with E-state index in [1.807, 2.05) is 30.3 Å². The average Bonchev–Trinajstić information content (AvgIpc) is 2.97. The number of ether oxygens (including phenoxy) is 1. The lowest BCUT2D eigenvalue weighted by molar-refractivity contribution is -0.115. The Hall–Kier alpha value is -2.86. The van der Waals surface area contributed by atoms with Crippen molar-refractivity contribution in [2.75, 3.05) is 12.4 Å². The Morgan fingerprint density at radius 3 is 2.90 bits per heavy atom. The number of benzene rings is 2. The largest absolute Gasteiger partial charge is 0.496 e. The molecule has 1 aliphatic heterocycles. The molecular formula is C22H23ClN4O2. The van der Waals surface area contributed by atoms with Gasteiger partial charge in [-0.1, -0.05) is 36.2 Å². The van der Waals surface area contributed by atoms with Gasteiger partial charge in [-0.2, -0.15) is 0 Å². The first-order chi connectivity index (χ1) is 14.2. The summed E-state index contributed by atoms with van der Waals surface area (Å²) >= 11 is 6.47. The number of carbonyl (C=O) groups is 1. The number of aromatic nitrogens is 3. The van der Waals surface area contributed by atoms with Gasteiger partial charge >= 0.3 is 0 Å². The second-order valence-electron chi connectivity index (χ2n) is 7.13. The predicted octanol–water partition coefficient (Wildman–Crippen LogP) is 4.51. The Kier molecular flexibility index (Phi) is 5.81. The molecule has 7 heteroatoms. The van der Waals surface area contributed by atoms with Crippen molar-refractivity contribution in [3.63, 3.8) is 0 Å². The second kappa shape index (κ2) is 8.66. The van der Waals surface area contributed by atoms with Crippen molar-refractivity contribution in [3.8, 4) is 17.1 Å². The van der Waals surface area contributed by atoms with Gasteiger partial charge in [0.1, 0.15) is 11.6 Å². The van der Waals surface area contributed by atoms with E-state index in [9.17, 15) is 4.79 Å². The molecule has 3 aromatic rings. The minimum Gasteiger partial charge on any atom is -0.496 e. The predicted molar refractivity (Wildman–Crippen MR) is 113 cm³/mol. The minimum atomic E-state index is -0.122. The van der Waals surface area contributed by atoms with Crippen LogP contribution in [0.2, 0.25) is 5.02 Å². The van der Waals surface area contributed by atoms with Crippen molar-refractivity contribution in [2.24, 2.45) is 0 Å². The molecule has 150 valence electrons. The highest BCUT2D eigenvalue weighted by Gasteiger charge is 2.19. The number of rotatable bonds is 5. The molecule has 0 atom stereocenters. The minimum absolute atomic E-state index is 0.122. The summed E-state index contributed by atoms with van der Waals surface area (Å²) in [6.07, 6.45) is 4.58. The standard InChI is InChI=1S/C22H23ClN4O2/c1-29-19-8-5-4-7-15(19)13-21(28)24-16-10-11-18(23)17(14-16)22-26-25-20-9-3-2-6-12-27(20)22/h4-5,7-8,10-11,14H,2-3,6,9,12-13H2,1H3,(H,24,28). The van der Waals surface area contributed by atoms with Crippen molar-refractivity contribution in [1.82, 2.24) is 14.8 Å². The van der Waals surface area contributed by atoms with Crippen LogP contribution >= 0.6 is 11.6 Å². The lowest BCUT2D eigenvalue weighted by Crippen LogP contribution is -2.15. The summed E-state index contributed by atoms with van der Waals surface area (Å²) in [4.78, 5) is 12.6. The number of methoxy groups -OCH3 is 1. The molecule has 0 saturated heterocycles. The Morgan fingerprint density at radius 1 is 1.17 bits per heavy atom. The molecular weight excluding hydrogens is 388 g/mol. The summed E-state index contributed by atoms with van der Waals surface area (Å²) in [6, 6.07) is 13.0. The summed E-state index contributed by atoms with van der Waals surface area (Å²) in [5, 5.41) is 12.3. The summed E-state index contributed by atoms with van der Waals surface area (Å²) in [5.74, 6) is 2.33. The fraction of sp³-hybridized carbons (Fsp3) is 0.318. The van der Waals surface area contributed by atoms with E-state index in [1.54, 1.807) is 19.2 Å². The summed E-state index contributed by atoms with van der Waals surface area (Å²) in [6.45, 7) is 0.887. The van der Waals surface area contributed by atoms with Gasteiger partial charge in [0.15, 0.2) is 5.82 Å². The number of anilines is 1. The van der Waals surface area contributed by atoms with E-state index in [1.165, 1.54) is 6.42 Å². The third-order valence-corrected chi connectivity index (χ3v) is 5.47. The number of halogens is 1. The van der Waals surface area contributed by atoms with Crippen LogP contribution in [0.4, 0.5) is 5.69 Å². The highest BCUT2D eigenvalue weighted by molar-refractivity contribution is 6.33. The molecule has 6 nitrogen and oxygen atoms in total. The van der Waals surface area contributed by atoms with Crippen LogP contribution < -0.4 is 10.1 Å². The molecule has 2 aromatic carbocycles. The van der Waals surface area contributed by atoms with E-state index in [0.29, 0.717) is 16.5 Å². The number of aryl methyl sites for hydroxylation is 1. The number of amides is 1. The van der Waals surface area contributed by atoms with Crippen LogP contribution in [0.3, 0.4) is 0 Å². The summed E-state index contributed by atoms with van der Waals surface area (Å²) in [5.41, 5.74) is 2.29. The first kappa shape index (κ1) is 19.5. The van der Waals surface area contributed by atoms with E-state index in [-0.39, 0.29) is 12.3 Å². The number of para-hydroxylation sites is 1. The number of fused-ring (bicyclic) bond motifs is 1. The Morgan fingerprint density at radius 2 is 2.03 bits per heavy atom. The molecule has 0 saturated carbocycles. The molecule has 0 radical (unpaired) electrons. The van der Waals surface area contributed by atoms with Crippen LogP contribution in [-0.2, 0) is 24.2 Å². The zero-order chi connectivity index (χ0) is 20.2.